The van der Waals surface area contributed by atoms with Gasteiger partial charge < -0.3 is 10.1 Å². The Labute approximate surface area is 110 Å². The van der Waals surface area contributed by atoms with Gasteiger partial charge in [0.1, 0.15) is 0 Å². The number of carbonyl (C=O) groups is 1. The van der Waals surface area contributed by atoms with E-state index in [1.807, 2.05) is 6.07 Å². The second-order valence-corrected chi connectivity index (χ2v) is 6.03. The number of thiophene rings is 1. The number of ether oxygens (including phenoxy) is 1. The van der Waals surface area contributed by atoms with Gasteiger partial charge in [0.05, 0.1) is 11.9 Å². The Morgan fingerprint density at radius 2 is 2.59 bits per heavy atom. The van der Waals surface area contributed by atoms with E-state index in [0.29, 0.717) is 12.3 Å². The van der Waals surface area contributed by atoms with Gasteiger partial charge in [-0.3, -0.25) is 4.79 Å². The molecule has 1 fully saturated rings. The van der Waals surface area contributed by atoms with E-state index in [1.165, 1.54) is 4.88 Å². The normalized spacial score (nSPS) is 19.4. The third-order valence-electron chi connectivity index (χ3n) is 2.61. The van der Waals surface area contributed by atoms with Crippen molar-refractivity contribution >= 4 is 29.0 Å². The minimum Gasteiger partial charge on any atom is -0.376 e. The molecule has 1 saturated heterocycles. The molecule has 0 bridgehead atoms. The SMILES string of the molecule is O=C(CSCc1cccs1)NCC1CCCO1. The van der Waals surface area contributed by atoms with Crippen molar-refractivity contribution < 1.29 is 9.53 Å². The molecular formula is C12H17NO2S2. The van der Waals surface area contributed by atoms with Crippen LogP contribution in [0.1, 0.15) is 17.7 Å². The zero-order valence-corrected chi connectivity index (χ0v) is 11.3. The first kappa shape index (κ1) is 12.9. The van der Waals surface area contributed by atoms with Gasteiger partial charge in [0.15, 0.2) is 0 Å². The van der Waals surface area contributed by atoms with Crippen LogP contribution in [0, 0.1) is 0 Å². The average Bonchev–Trinajstić information content (AvgIpc) is 2.99. The summed E-state index contributed by atoms with van der Waals surface area (Å²) < 4.78 is 5.45. The molecule has 0 saturated carbocycles. The molecule has 1 aromatic rings. The Morgan fingerprint density at radius 3 is 3.29 bits per heavy atom. The van der Waals surface area contributed by atoms with Crippen LogP contribution in [-0.4, -0.2) is 30.9 Å². The average molecular weight is 271 g/mol. The summed E-state index contributed by atoms with van der Waals surface area (Å²) in [6, 6.07) is 4.14. The molecule has 0 radical (unpaired) electrons. The van der Waals surface area contributed by atoms with Crippen LogP contribution in [0.2, 0.25) is 0 Å². The zero-order chi connectivity index (χ0) is 11.9. The summed E-state index contributed by atoms with van der Waals surface area (Å²) in [6.45, 7) is 1.51. The maximum absolute atomic E-state index is 11.5. The lowest BCUT2D eigenvalue weighted by Crippen LogP contribution is -2.32. The molecule has 94 valence electrons. The van der Waals surface area contributed by atoms with Gasteiger partial charge in [-0.1, -0.05) is 6.07 Å². The number of carbonyl (C=O) groups excluding carboxylic acids is 1. The Kier molecular flexibility index (Phi) is 5.35. The number of nitrogens with one attached hydrogen (secondary N) is 1. The van der Waals surface area contributed by atoms with Gasteiger partial charge in [-0.25, -0.2) is 0 Å². The van der Waals surface area contributed by atoms with E-state index < -0.39 is 0 Å². The molecule has 1 amide bonds. The molecular weight excluding hydrogens is 254 g/mol. The van der Waals surface area contributed by atoms with E-state index in [-0.39, 0.29) is 12.0 Å². The predicted octanol–water partition coefficient (Wildman–Crippen LogP) is 2.28. The van der Waals surface area contributed by atoms with Crippen molar-refractivity contribution in [3.8, 4) is 0 Å². The lowest BCUT2D eigenvalue weighted by atomic mass is 10.2. The number of hydrogen-bond acceptors (Lipinski definition) is 4. The molecule has 0 aromatic carbocycles. The second kappa shape index (κ2) is 7.03. The summed E-state index contributed by atoms with van der Waals surface area (Å²) in [5.74, 6) is 1.57. The van der Waals surface area contributed by atoms with Crippen molar-refractivity contribution in [3.05, 3.63) is 22.4 Å². The smallest absolute Gasteiger partial charge is 0.230 e. The lowest BCUT2D eigenvalue weighted by Gasteiger charge is -2.10. The van der Waals surface area contributed by atoms with E-state index in [4.69, 9.17) is 4.74 Å². The van der Waals surface area contributed by atoms with Crippen molar-refractivity contribution in [3.63, 3.8) is 0 Å². The van der Waals surface area contributed by atoms with Crippen molar-refractivity contribution in [1.82, 2.24) is 5.32 Å². The number of rotatable bonds is 6. The van der Waals surface area contributed by atoms with E-state index in [0.717, 1.165) is 25.2 Å². The minimum absolute atomic E-state index is 0.113. The third kappa shape index (κ3) is 4.69. The van der Waals surface area contributed by atoms with Crippen LogP contribution in [0.25, 0.3) is 0 Å². The first-order valence-electron chi connectivity index (χ1n) is 5.83. The van der Waals surface area contributed by atoms with Crippen LogP contribution < -0.4 is 5.32 Å². The number of hydrogen-bond donors (Lipinski definition) is 1. The summed E-state index contributed by atoms with van der Waals surface area (Å²) in [5.41, 5.74) is 0. The van der Waals surface area contributed by atoms with Gasteiger partial charge >= 0.3 is 0 Å². The monoisotopic (exact) mass is 271 g/mol. The summed E-state index contributed by atoms with van der Waals surface area (Å²) >= 11 is 3.39. The molecule has 17 heavy (non-hydrogen) atoms. The quantitative estimate of drug-likeness (QED) is 0.862. The topological polar surface area (TPSA) is 38.3 Å². The highest BCUT2D eigenvalue weighted by molar-refractivity contribution is 7.99. The number of amides is 1. The Morgan fingerprint density at radius 1 is 1.65 bits per heavy atom. The van der Waals surface area contributed by atoms with E-state index >= 15 is 0 Å². The van der Waals surface area contributed by atoms with Crippen LogP contribution in [0.4, 0.5) is 0 Å². The highest BCUT2D eigenvalue weighted by Crippen LogP contribution is 2.16. The molecule has 1 aliphatic rings. The van der Waals surface area contributed by atoms with Gasteiger partial charge in [-0.05, 0) is 24.3 Å². The Balaban J connectivity index is 1.54. The third-order valence-corrected chi connectivity index (χ3v) is 4.65. The first-order chi connectivity index (χ1) is 8.34. The number of thioether (sulfide) groups is 1. The van der Waals surface area contributed by atoms with E-state index in [1.54, 1.807) is 23.1 Å². The molecule has 3 nitrogen and oxygen atoms in total. The molecule has 1 aliphatic heterocycles. The fourth-order valence-corrected chi connectivity index (χ4v) is 3.42. The Bertz CT molecular complexity index is 334. The molecule has 2 rings (SSSR count). The summed E-state index contributed by atoms with van der Waals surface area (Å²) in [5, 5.41) is 4.99. The van der Waals surface area contributed by atoms with E-state index in [2.05, 4.69) is 16.8 Å². The van der Waals surface area contributed by atoms with E-state index in [9.17, 15) is 4.79 Å². The van der Waals surface area contributed by atoms with Gasteiger partial charge in [-0.2, -0.15) is 0 Å². The summed E-state index contributed by atoms with van der Waals surface area (Å²) in [4.78, 5) is 12.9. The van der Waals surface area contributed by atoms with Crippen LogP contribution in [0.3, 0.4) is 0 Å². The standard InChI is InChI=1S/C12H17NO2S2/c14-12(13-7-10-3-1-5-15-10)9-16-8-11-4-2-6-17-11/h2,4,6,10H,1,3,5,7-9H2,(H,13,14). The molecule has 1 unspecified atom stereocenters. The maximum Gasteiger partial charge on any atom is 0.230 e. The maximum atomic E-state index is 11.5. The van der Waals surface area contributed by atoms with Crippen LogP contribution >= 0.6 is 23.1 Å². The van der Waals surface area contributed by atoms with Crippen molar-refractivity contribution in [2.45, 2.75) is 24.7 Å². The van der Waals surface area contributed by atoms with Crippen LogP contribution in [0.15, 0.2) is 17.5 Å². The van der Waals surface area contributed by atoms with Crippen LogP contribution in [-0.2, 0) is 15.3 Å². The van der Waals surface area contributed by atoms with Gasteiger partial charge in [0, 0.05) is 23.8 Å². The van der Waals surface area contributed by atoms with Gasteiger partial charge in [0.25, 0.3) is 0 Å². The van der Waals surface area contributed by atoms with Gasteiger partial charge in [-0.15, -0.1) is 23.1 Å². The molecule has 1 atom stereocenters. The summed E-state index contributed by atoms with van der Waals surface area (Å²) in [7, 11) is 0. The first-order valence-corrected chi connectivity index (χ1v) is 7.86. The van der Waals surface area contributed by atoms with Crippen molar-refractivity contribution in [2.75, 3.05) is 18.9 Å². The molecule has 5 heteroatoms. The highest BCUT2D eigenvalue weighted by atomic mass is 32.2. The van der Waals surface area contributed by atoms with Crippen molar-refractivity contribution in [1.29, 1.82) is 0 Å². The molecule has 1 aromatic heterocycles. The summed E-state index contributed by atoms with van der Waals surface area (Å²) in [6.07, 6.45) is 2.43. The molecule has 0 aliphatic carbocycles. The molecule has 2 heterocycles. The highest BCUT2D eigenvalue weighted by Gasteiger charge is 2.15. The lowest BCUT2D eigenvalue weighted by molar-refractivity contribution is -0.119. The fraction of sp³-hybridized carbons (Fsp3) is 0.583. The van der Waals surface area contributed by atoms with Crippen molar-refractivity contribution in [2.24, 2.45) is 0 Å². The fourth-order valence-electron chi connectivity index (χ4n) is 1.72. The predicted molar refractivity (Wildman–Crippen MR) is 72.5 cm³/mol. The molecule has 0 spiro atoms. The second-order valence-electron chi connectivity index (χ2n) is 4.01. The Hall–Kier alpha value is -0.520. The molecule has 1 N–H and O–H groups in total. The van der Waals surface area contributed by atoms with Crippen LogP contribution in [0.5, 0.6) is 0 Å². The zero-order valence-electron chi connectivity index (χ0n) is 9.69. The van der Waals surface area contributed by atoms with Gasteiger partial charge in [0.2, 0.25) is 5.91 Å². The largest absolute Gasteiger partial charge is 0.376 e. The minimum atomic E-state index is 0.113.